The highest BCUT2D eigenvalue weighted by atomic mass is 16.6. The van der Waals surface area contributed by atoms with Crippen LogP contribution < -0.4 is 9.64 Å². The minimum absolute atomic E-state index is 0.0152. The topological polar surface area (TPSA) is 85.6 Å². The standard InChI is InChI=1S/C22H25N3O4/c26-18-8-4-16(5-9-18)17-6-10-19(11-7-17)29-21-13-12-20(25(27)28)22(23-21)24-14-2-1-3-15-24/h6-7,10-13,16H,1-5,8-9,14-15H2. The molecule has 1 saturated heterocycles. The van der Waals surface area contributed by atoms with Crippen LogP contribution in [0.4, 0.5) is 11.5 Å². The lowest BCUT2D eigenvalue weighted by molar-refractivity contribution is -0.384. The molecule has 0 spiro atoms. The van der Waals surface area contributed by atoms with Gasteiger partial charge in [-0.15, -0.1) is 0 Å². The van der Waals surface area contributed by atoms with Crippen LogP contribution in [0.25, 0.3) is 0 Å². The van der Waals surface area contributed by atoms with Crippen molar-refractivity contribution in [1.82, 2.24) is 4.98 Å². The fourth-order valence-corrected chi connectivity index (χ4v) is 4.16. The van der Waals surface area contributed by atoms with Crippen molar-refractivity contribution < 1.29 is 14.5 Å². The Balaban J connectivity index is 1.50. The van der Waals surface area contributed by atoms with Gasteiger partial charge in [0.15, 0.2) is 0 Å². The average Bonchev–Trinajstić information content (AvgIpc) is 2.75. The van der Waals surface area contributed by atoms with E-state index in [2.05, 4.69) is 4.98 Å². The molecule has 0 atom stereocenters. The molecule has 0 bridgehead atoms. The molecule has 1 aliphatic carbocycles. The van der Waals surface area contributed by atoms with Gasteiger partial charge in [-0.1, -0.05) is 12.1 Å². The molecule has 0 N–H and O–H groups in total. The summed E-state index contributed by atoms with van der Waals surface area (Å²) in [7, 11) is 0. The zero-order chi connectivity index (χ0) is 20.2. The van der Waals surface area contributed by atoms with E-state index in [-0.39, 0.29) is 10.6 Å². The van der Waals surface area contributed by atoms with E-state index >= 15 is 0 Å². The number of nitrogens with zero attached hydrogens (tertiary/aromatic N) is 3. The van der Waals surface area contributed by atoms with E-state index in [1.54, 1.807) is 6.07 Å². The quantitative estimate of drug-likeness (QED) is 0.523. The summed E-state index contributed by atoms with van der Waals surface area (Å²) in [5.74, 6) is 2.16. The minimum Gasteiger partial charge on any atom is -0.439 e. The number of pyridine rings is 1. The van der Waals surface area contributed by atoms with Crippen molar-refractivity contribution in [2.45, 2.75) is 50.9 Å². The van der Waals surface area contributed by atoms with Crippen LogP contribution in [0.5, 0.6) is 11.6 Å². The molecular formula is C22H25N3O4. The van der Waals surface area contributed by atoms with E-state index in [1.165, 1.54) is 11.6 Å². The van der Waals surface area contributed by atoms with E-state index in [0.29, 0.717) is 42.0 Å². The number of ketones is 1. The molecule has 2 fully saturated rings. The highest BCUT2D eigenvalue weighted by Crippen LogP contribution is 2.34. The van der Waals surface area contributed by atoms with Gasteiger partial charge in [0.05, 0.1) is 4.92 Å². The number of hydrogen-bond donors (Lipinski definition) is 0. The van der Waals surface area contributed by atoms with Crippen molar-refractivity contribution in [3.63, 3.8) is 0 Å². The highest BCUT2D eigenvalue weighted by molar-refractivity contribution is 5.79. The molecule has 2 heterocycles. The Morgan fingerprint density at radius 2 is 1.69 bits per heavy atom. The lowest BCUT2D eigenvalue weighted by atomic mass is 9.83. The molecule has 152 valence electrons. The Morgan fingerprint density at radius 1 is 1.00 bits per heavy atom. The van der Waals surface area contributed by atoms with Crippen molar-refractivity contribution in [1.29, 1.82) is 0 Å². The molecule has 1 aliphatic heterocycles. The second-order valence-corrected chi connectivity index (χ2v) is 7.78. The minimum atomic E-state index is -0.384. The van der Waals surface area contributed by atoms with E-state index in [4.69, 9.17) is 4.74 Å². The fourth-order valence-electron chi connectivity index (χ4n) is 4.16. The average molecular weight is 395 g/mol. The molecule has 1 aromatic heterocycles. The highest BCUT2D eigenvalue weighted by Gasteiger charge is 2.24. The number of benzene rings is 1. The largest absolute Gasteiger partial charge is 0.439 e. The van der Waals surface area contributed by atoms with Gasteiger partial charge in [-0.2, -0.15) is 4.98 Å². The second kappa shape index (κ2) is 8.59. The van der Waals surface area contributed by atoms with E-state index in [1.807, 2.05) is 29.2 Å². The van der Waals surface area contributed by atoms with Crippen molar-refractivity contribution in [2.75, 3.05) is 18.0 Å². The van der Waals surface area contributed by atoms with Gasteiger partial charge in [0, 0.05) is 38.1 Å². The maximum Gasteiger partial charge on any atom is 0.311 e. The van der Waals surface area contributed by atoms with Crippen molar-refractivity contribution in [3.8, 4) is 11.6 Å². The number of carbonyl (C=O) groups excluding carboxylic acids is 1. The summed E-state index contributed by atoms with van der Waals surface area (Å²) in [6.45, 7) is 1.55. The first-order valence-electron chi connectivity index (χ1n) is 10.3. The molecule has 7 nitrogen and oxygen atoms in total. The van der Waals surface area contributed by atoms with E-state index in [9.17, 15) is 14.9 Å². The fraction of sp³-hybridized carbons (Fsp3) is 0.455. The number of Topliss-reactive ketones (excluding diaryl/α,β-unsaturated/α-hetero) is 1. The first-order chi connectivity index (χ1) is 14.1. The number of nitro groups is 1. The second-order valence-electron chi connectivity index (χ2n) is 7.78. The lowest BCUT2D eigenvalue weighted by Gasteiger charge is -2.27. The Morgan fingerprint density at radius 3 is 2.34 bits per heavy atom. The first-order valence-corrected chi connectivity index (χ1v) is 10.3. The van der Waals surface area contributed by atoms with Crippen LogP contribution >= 0.6 is 0 Å². The third kappa shape index (κ3) is 4.55. The summed E-state index contributed by atoms with van der Waals surface area (Å²) in [6.07, 6.45) is 6.30. The predicted octanol–water partition coefficient (Wildman–Crippen LogP) is 5.00. The van der Waals surface area contributed by atoms with Crippen molar-refractivity contribution >= 4 is 17.3 Å². The molecule has 2 aromatic rings. The molecule has 2 aliphatic rings. The maximum absolute atomic E-state index is 11.4. The van der Waals surface area contributed by atoms with Crippen LogP contribution in [-0.4, -0.2) is 28.8 Å². The molecule has 7 heteroatoms. The zero-order valence-electron chi connectivity index (χ0n) is 16.4. The summed E-state index contributed by atoms with van der Waals surface area (Å²) >= 11 is 0. The summed E-state index contributed by atoms with van der Waals surface area (Å²) in [4.78, 5) is 28.9. The van der Waals surface area contributed by atoms with Gasteiger partial charge in [0.1, 0.15) is 11.5 Å². The van der Waals surface area contributed by atoms with Gasteiger partial charge >= 0.3 is 5.69 Å². The number of piperidine rings is 1. The molecule has 4 rings (SSSR count). The number of anilines is 1. The normalized spacial score (nSPS) is 17.9. The SMILES string of the molecule is O=C1CCC(c2ccc(Oc3ccc([N+](=O)[O-])c(N4CCCCC4)n3)cc2)CC1. The summed E-state index contributed by atoms with van der Waals surface area (Å²) in [5.41, 5.74) is 1.23. The number of rotatable bonds is 5. The van der Waals surface area contributed by atoms with Crippen LogP contribution in [0.15, 0.2) is 36.4 Å². The van der Waals surface area contributed by atoms with Gasteiger partial charge in [-0.3, -0.25) is 14.9 Å². The van der Waals surface area contributed by atoms with Gasteiger partial charge in [0.2, 0.25) is 11.7 Å². The van der Waals surface area contributed by atoms with Crippen molar-refractivity contribution in [2.24, 2.45) is 0 Å². The van der Waals surface area contributed by atoms with Gasteiger partial charge in [-0.05, 0) is 55.7 Å². The smallest absolute Gasteiger partial charge is 0.311 e. The molecule has 0 amide bonds. The molecule has 0 unspecified atom stereocenters. The van der Waals surface area contributed by atoms with Crippen LogP contribution in [0.3, 0.4) is 0 Å². The molecule has 1 aromatic carbocycles. The van der Waals surface area contributed by atoms with Gasteiger partial charge in [-0.25, -0.2) is 0 Å². The molecule has 29 heavy (non-hydrogen) atoms. The lowest BCUT2D eigenvalue weighted by Crippen LogP contribution is -2.30. The summed E-state index contributed by atoms with van der Waals surface area (Å²) < 4.78 is 5.89. The van der Waals surface area contributed by atoms with Crippen LogP contribution in [0, 0.1) is 10.1 Å². The van der Waals surface area contributed by atoms with Gasteiger partial charge in [0.25, 0.3) is 0 Å². The summed E-state index contributed by atoms with van der Waals surface area (Å²) in [5, 5.41) is 11.4. The number of aromatic nitrogens is 1. The molecular weight excluding hydrogens is 370 g/mol. The first kappa shape index (κ1) is 19.4. The third-order valence-corrected chi connectivity index (χ3v) is 5.80. The Hall–Kier alpha value is -2.96. The van der Waals surface area contributed by atoms with Crippen LogP contribution in [-0.2, 0) is 4.79 Å². The monoisotopic (exact) mass is 395 g/mol. The molecule has 1 saturated carbocycles. The summed E-state index contributed by atoms with van der Waals surface area (Å²) in [6, 6.07) is 10.9. The van der Waals surface area contributed by atoms with Crippen LogP contribution in [0.2, 0.25) is 0 Å². The Bertz CT molecular complexity index is 881. The van der Waals surface area contributed by atoms with E-state index < -0.39 is 0 Å². The van der Waals surface area contributed by atoms with Crippen molar-refractivity contribution in [3.05, 3.63) is 52.1 Å². The number of carbonyl (C=O) groups is 1. The molecule has 0 radical (unpaired) electrons. The Kier molecular flexibility index (Phi) is 5.74. The van der Waals surface area contributed by atoms with Crippen LogP contribution in [0.1, 0.15) is 56.4 Å². The maximum atomic E-state index is 11.4. The van der Waals surface area contributed by atoms with E-state index in [0.717, 1.165) is 45.2 Å². The number of hydrogen-bond acceptors (Lipinski definition) is 6. The van der Waals surface area contributed by atoms with Gasteiger partial charge < -0.3 is 9.64 Å². The number of ether oxygens (including phenoxy) is 1. The Labute approximate surface area is 169 Å². The zero-order valence-corrected chi connectivity index (χ0v) is 16.4. The third-order valence-electron chi connectivity index (χ3n) is 5.80. The predicted molar refractivity (Wildman–Crippen MR) is 110 cm³/mol.